The Morgan fingerprint density at radius 1 is 0.314 bits per heavy atom. The van der Waals surface area contributed by atoms with Crippen LogP contribution in [-0.4, -0.2) is 19.9 Å². The Bertz CT molecular complexity index is 2210. The van der Waals surface area contributed by atoms with Gasteiger partial charge in [0.05, 0.1) is 28.2 Å². The third-order valence-electron chi connectivity index (χ3n) is 9.82. The van der Waals surface area contributed by atoms with E-state index in [1.807, 2.05) is 97.6 Å². The van der Waals surface area contributed by atoms with Gasteiger partial charge in [0.2, 0.25) is 0 Å². The van der Waals surface area contributed by atoms with Gasteiger partial charge in [-0.2, -0.15) is 0 Å². The smallest absolute Gasteiger partial charge is 0.132 e. The van der Waals surface area contributed by atoms with Gasteiger partial charge in [-0.25, -0.2) is 0 Å². The number of aromatic nitrogens is 4. The van der Waals surface area contributed by atoms with Crippen LogP contribution in [0.5, 0.6) is 23.0 Å². The van der Waals surface area contributed by atoms with Crippen molar-refractivity contribution in [1.29, 1.82) is 0 Å². The average molecular weight is 657 g/mol. The van der Waals surface area contributed by atoms with Crippen LogP contribution in [0.2, 0.25) is 0 Å². The highest BCUT2D eigenvalue weighted by molar-refractivity contribution is 5.81. The van der Waals surface area contributed by atoms with Gasteiger partial charge >= 0.3 is 0 Å². The molecule has 0 radical (unpaired) electrons. The van der Waals surface area contributed by atoms with Crippen molar-refractivity contribution in [2.45, 2.75) is 5.41 Å². The summed E-state index contributed by atoms with van der Waals surface area (Å²) in [5, 5.41) is 0. The maximum Gasteiger partial charge on any atom is 0.132 e. The van der Waals surface area contributed by atoms with E-state index < -0.39 is 5.41 Å². The predicted octanol–water partition coefficient (Wildman–Crippen LogP) is 10.5. The van der Waals surface area contributed by atoms with Crippen LogP contribution in [0.1, 0.15) is 22.3 Å². The summed E-state index contributed by atoms with van der Waals surface area (Å²) in [6.45, 7) is 0. The molecule has 0 N–H and O–H groups in total. The quantitative estimate of drug-likeness (QED) is 0.188. The van der Waals surface area contributed by atoms with Crippen LogP contribution in [0.15, 0.2) is 170 Å². The standard InChI is InChI=1S/C45H28N4O2/c1-5-21-46-37(9-1)29-13-17-33-41(25-29)50-42-26-30(38-10-2-6-22-47-38)14-18-34(42)45(33)35-19-15-31(39-11-3-7-23-48-39)27-43(35)51-44-28-32(16-20-36(44)45)40-12-4-8-24-49-40/h1-28H. The molecule has 6 heterocycles. The highest BCUT2D eigenvalue weighted by Gasteiger charge is 2.51. The first-order chi connectivity index (χ1) is 25.3. The number of fused-ring (bicyclic) bond motifs is 8. The molecule has 10 rings (SSSR count). The lowest BCUT2D eigenvalue weighted by Crippen LogP contribution is -2.37. The molecule has 0 aliphatic carbocycles. The van der Waals surface area contributed by atoms with E-state index in [0.29, 0.717) is 0 Å². The molecule has 8 aromatic rings. The van der Waals surface area contributed by atoms with Gasteiger partial charge < -0.3 is 9.47 Å². The molecular weight excluding hydrogens is 629 g/mol. The molecule has 2 aliphatic rings. The Labute approximate surface area is 294 Å². The maximum atomic E-state index is 6.93. The highest BCUT2D eigenvalue weighted by atomic mass is 16.5. The zero-order valence-electron chi connectivity index (χ0n) is 27.3. The van der Waals surface area contributed by atoms with Gasteiger partial charge in [-0.1, -0.05) is 72.8 Å². The van der Waals surface area contributed by atoms with Crippen molar-refractivity contribution in [3.8, 4) is 68.0 Å². The number of pyridine rings is 4. The first-order valence-electron chi connectivity index (χ1n) is 16.9. The van der Waals surface area contributed by atoms with E-state index in [2.05, 4.69) is 92.7 Å². The van der Waals surface area contributed by atoms with E-state index in [1.165, 1.54) is 0 Å². The van der Waals surface area contributed by atoms with Crippen LogP contribution < -0.4 is 9.47 Å². The van der Waals surface area contributed by atoms with Gasteiger partial charge in [0, 0.05) is 69.3 Å². The first kappa shape index (κ1) is 29.0. The molecule has 2 aliphatic heterocycles. The fourth-order valence-electron chi connectivity index (χ4n) is 7.55. The summed E-state index contributed by atoms with van der Waals surface area (Å²) in [6.07, 6.45) is 7.26. The third kappa shape index (κ3) is 4.65. The summed E-state index contributed by atoms with van der Waals surface area (Å²) < 4.78 is 13.9. The molecule has 0 fully saturated rings. The van der Waals surface area contributed by atoms with Gasteiger partial charge in [-0.05, 0) is 72.8 Å². The Balaban J connectivity index is 1.28. The molecule has 6 heteroatoms. The third-order valence-corrected chi connectivity index (χ3v) is 9.82. The van der Waals surface area contributed by atoms with E-state index in [-0.39, 0.29) is 0 Å². The molecular formula is C45H28N4O2. The number of nitrogens with zero attached hydrogens (tertiary/aromatic N) is 4. The lowest BCUT2D eigenvalue weighted by atomic mass is 9.62. The normalized spacial score (nSPS) is 13.2. The first-order valence-corrected chi connectivity index (χ1v) is 16.9. The molecule has 0 bridgehead atoms. The topological polar surface area (TPSA) is 70.0 Å². The molecule has 0 saturated heterocycles. The molecule has 240 valence electrons. The minimum absolute atomic E-state index is 0.755. The number of ether oxygens (including phenoxy) is 2. The van der Waals surface area contributed by atoms with Crippen LogP contribution in [-0.2, 0) is 5.41 Å². The van der Waals surface area contributed by atoms with Gasteiger partial charge in [0.15, 0.2) is 0 Å². The Morgan fingerprint density at radius 3 is 0.824 bits per heavy atom. The zero-order valence-corrected chi connectivity index (χ0v) is 27.3. The monoisotopic (exact) mass is 656 g/mol. The summed E-state index contributed by atoms with van der Waals surface area (Å²) in [5.74, 6) is 3.02. The number of rotatable bonds is 4. The van der Waals surface area contributed by atoms with Gasteiger partial charge in [-0.15, -0.1) is 0 Å². The Kier molecular flexibility index (Phi) is 6.61. The van der Waals surface area contributed by atoms with Crippen LogP contribution in [0.4, 0.5) is 0 Å². The van der Waals surface area contributed by atoms with Crippen molar-refractivity contribution in [2.24, 2.45) is 0 Å². The Hall–Kier alpha value is -6.92. The summed E-state index contributed by atoms with van der Waals surface area (Å²) >= 11 is 0. The Morgan fingerprint density at radius 2 is 0.588 bits per heavy atom. The van der Waals surface area contributed by atoms with Crippen molar-refractivity contribution in [3.05, 3.63) is 193 Å². The highest BCUT2D eigenvalue weighted by Crippen LogP contribution is 2.62. The van der Waals surface area contributed by atoms with Gasteiger partial charge in [0.25, 0.3) is 0 Å². The lowest BCUT2D eigenvalue weighted by Gasteiger charge is -2.45. The molecule has 6 nitrogen and oxygen atoms in total. The zero-order chi connectivity index (χ0) is 33.8. The van der Waals surface area contributed by atoms with Crippen molar-refractivity contribution >= 4 is 0 Å². The summed E-state index contributed by atoms with van der Waals surface area (Å²) in [7, 11) is 0. The second kappa shape index (κ2) is 11.6. The van der Waals surface area contributed by atoms with Crippen LogP contribution >= 0.6 is 0 Å². The number of hydrogen-bond acceptors (Lipinski definition) is 6. The SMILES string of the molecule is c1ccc(-c2ccc3c(c2)Oc2cc(-c4ccccn4)ccc2C32c3ccc(-c4ccccn4)cc3Oc3cc(-c4ccccn4)ccc32)nc1. The molecule has 4 aromatic heterocycles. The van der Waals surface area contributed by atoms with Crippen molar-refractivity contribution in [3.63, 3.8) is 0 Å². The summed E-state index contributed by atoms with van der Waals surface area (Å²) in [6, 6.07) is 49.5. The van der Waals surface area contributed by atoms with Gasteiger partial charge in [-0.3, -0.25) is 19.9 Å². The van der Waals surface area contributed by atoms with Gasteiger partial charge in [0.1, 0.15) is 23.0 Å². The minimum atomic E-state index is -0.789. The van der Waals surface area contributed by atoms with Crippen LogP contribution in [0.25, 0.3) is 45.0 Å². The second-order valence-corrected chi connectivity index (χ2v) is 12.7. The van der Waals surface area contributed by atoms with Crippen molar-refractivity contribution < 1.29 is 9.47 Å². The number of hydrogen-bond donors (Lipinski definition) is 0. The molecule has 1 spiro atoms. The van der Waals surface area contributed by atoms with Crippen molar-refractivity contribution in [2.75, 3.05) is 0 Å². The predicted molar refractivity (Wildman–Crippen MR) is 198 cm³/mol. The molecule has 0 amide bonds. The fraction of sp³-hybridized carbons (Fsp3) is 0.0222. The van der Waals surface area contributed by atoms with E-state index in [1.54, 1.807) is 0 Å². The summed E-state index contributed by atoms with van der Waals surface area (Å²) in [5.41, 5.74) is 10.6. The largest absolute Gasteiger partial charge is 0.457 e. The van der Waals surface area contributed by atoms with Crippen molar-refractivity contribution in [1.82, 2.24) is 19.9 Å². The van der Waals surface area contributed by atoms with E-state index in [9.17, 15) is 0 Å². The van der Waals surface area contributed by atoms with Crippen LogP contribution in [0.3, 0.4) is 0 Å². The fourth-order valence-corrected chi connectivity index (χ4v) is 7.55. The summed E-state index contributed by atoms with van der Waals surface area (Å²) in [4.78, 5) is 18.6. The number of benzene rings is 4. The van der Waals surface area contributed by atoms with E-state index in [0.717, 1.165) is 90.3 Å². The second-order valence-electron chi connectivity index (χ2n) is 12.7. The maximum absolute atomic E-state index is 6.93. The molecule has 0 atom stereocenters. The lowest BCUT2D eigenvalue weighted by molar-refractivity contribution is 0.400. The van der Waals surface area contributed by atoms with E-state index >= 15 is 0 Å². The molecule has 0 saturated carbocycles. The van der Waals surface area contributed by atoms with Crippen LogP contribution in [0, 0.1) is 0 Å². The minimum Gasteiger partial charge on any atom is -0.457 e. The molecule has 51 heavy (non-hydrogen) atoms. The molecule has 4 aromatic carbocycles. The average Bonchev–Trinajstić information content (AvgIpc) is 3.21. The van der Waals surface area contributed by atoms with E-state index in [4.69, 9.17) is 9.47 Å². The molecule has 0 unspecified atom stereocenters.